The van der Waals surface area contributed by atoms with Crippen molar-refractivity contribution < 1.29 is 28.7 Å². The minimum absolute atomic E-state index is 0.0459. The summed E-state index contributed by atoms with van der Waals surface area (Å²) in [7, 11) is 0. The van der Waals surface area contributed by atoms with Gasteiger partial charge >= 0.3 is 12.0 Å². The number of hydrogen-bond donors (Lipinski definition) is 2. The maximum Gasteiger partial charge on any atom is 0.321 e. The molecule has 0 saturated carbocycles. The maximum absolute atomic E-state index is 12.1. The van der Waals surface area contributed by atoms with Crippen molar-refractivity contribution in [3.8, 4) is 5.75 Å². The number of esters is 1. The maximum atomic E-state index is 12.1. The normalized spacial score (nSPS) is 10.1. The van der Waals surface area contributed by atoms with E-state index in [0.29, 0.717) is 24.5 Å². The first-order valence-corrected chi connectivity index (χ1v) is 9.87. The molecule has 0 aliphatic rings. The zero-order valence-electron chi connectivity index (χ0n) is 15.9. The molecule has 2 rings (SSSR count). The van der Waals surface area contributed by atoms with Crippen LogP contribution in [0.4, 0.5) is 4.79 Å². The summed E-state index contributed by atoms with van der Waals surface area (Å²) in [5.74, 6) is -1.00. The van der Waals surface area contributed by atoms with Gasteiger partial charge in [-0.1, -0.05) is 6.07 Å². The molecule has 1 aromatic carbocycles. The summed E-state index contributed by atoms with van der Waals surface area (Å²) in [5, 5.41) is 6.46. The van der Waals surface area contributed by atoms with E-state index in [0.717, 1.165) is 4.88 Å². The predicted molar refractivity (Wildman–Crippen MR) is 107 cm³/mol. The number of carbonyl (C=O) groups excluding carboxylic acids is 4. The van der Waals surface area contributed by atoms with Gasteiger partial charge in [0.25, 0.3) is 5.91 Å². The molecular weight excluding hydrogens is 396 g/mol. The minimum Gasteiger partial charge on any atom is -0.494 e. The highest BCUT2D eigenvalue weighted by atomic mass is 32.1. The van der Waals surface area contributed by atoms with Crippen LogP contribution in [0.25, 0.3) is 0 Å². The average molecular weight is 418 g/mol. The number of amides is 3. The largest absolute Gasteiger partial charge is 0.494 e. The highest BCUT2D eigenvalue weighted by Crippen LogP contribution is 2.14. The van der Waals surface area contributed by atoms with Gasteiger partial charge < -0.3 is 14.8 Å². The number of ketones is 1. The lowest BCUT2D eigenvalue weighted by Gasteiger charge is -2.07. The predicted octanol–water partition coefficient (Wildman–Crippen LogP) is 2.68. The fourth-order valence-electron chi connectivity index (χ4n) is 2.27. The second-order valence-corrected chi connectivity index (χ2v) is 6.88. The van der Waals surface area contributed by atoms with Gasteiger partial charge in [-0.15, -0.1) is 11.3 Å². The van der Waals surface area contributed by atoms with E-state index in [4.69, 9.17) is 9.47 Å². The molecule has 0 aliphatic heterocycles. The number of imide groups is 1. The van der Waals surface area contributed by atoms with Crippen LogP contribution in [0.2, 0.25) is 0 Å². The highest BCUT2D eigenvalue weighted by molar-refractivity contribution is 7.09. The standard InChI is InChI=1S/C20H22N2O6S/c1-2-27-15-7-5-14(6-8-15)17(23)9-10-19(25)28-13-18(24)22-20(26)21-12-16-4-3-11-29-16/h3-8,11H,2,9-10,12-13H2,1H3,(H2,21,22,24,26). The first-order chi connectivity index (χ1) is 14.0. The van der Waals surface area contributed by atoms with Crippen molar-refractivity contribution in [3.05, 3.63) is 52.2 Å². The van der Waals surface area contributed by atoms with E-state index in [-0.39, 0.29) is 18.6 Å². The van der Waals surface area contributed by atoms with Crippen molar-refractivity contribution in [1.29, 1.82) is 0 Å². The Bertz CT molecular complexity index is 833. The van der Waals surface area contributed by atoms with Crippen molar-refractivity contribution in [1.82, 2.24) is 10.6 Å². The number of rotatable bonds is 10. The van der Waals surface area contributed by atoms with Crippen molar-refractivity contribution in [2.75, 3.05) is 13.2 Å². The van der Waals surface area contributed by atoms with Crippen LogP contribution in [0.1, 0.15) is 35.0 Å². The topological polar surface area (TPSA) is 111 Å². The van der Waals surface area contributed by atoms with Crippen molar-refractivity contribution in [2.45, 2.75) is 26.3 Å². The molecule has 0 bridgehead atoms. The molecule has 1 heterocycles. The van der Waals surface area contributed by atoms with Crippen LogP contribution >= 0.6 is 11.3 Å². The minimum atomic E-state index is -0.750. The molecule has 29 heavy (non-hydrogen) atoms. The zero-order chi connectivity index (χ0) is 21.1. The van der Waals surface area contributed by atoms with Crippen molar-refractivity contribution >= 4 is 35.0 Å². The van der Waals surface area contributed by atoms with E-state index in [9.17, 15) is 19.2 Å². The van der Waals surface area contributed by atoms with Gasteiger partial charge in [0.1, 0.15) is 5.75 Å². The van der Waals surface area contributed by atoms with Gasteiger partial charge in [0.05, 0.1) is 19.6 Å². The van der Waals surface area contributed by atoms with E-state index in [1.165, 1.54) is 11.3 Å². The number of Topliss-reactive ketones (excluding diaryl/α,β-unsaturated/α-hetero) is 1. The number of ether oxygens (including phenoxy) is 2. The molecular formula is C20H22N2O6S. The molecule has 0 atom stereocenters. The van der Waals surface area contributed by atoms with Crippen LogP contribution in [0.3, 0.4) is 0 Å². The van der Waals surface area contributed by atoms with Crippen LogP contribution in [-0.2, 0) is 20.9 Å². The second-order valence-electron chi connectivity index (χ2n) is 5.85. The second kappa shape index (κ2) is 11.6. The van der Waals surface area contributed by atoms with Crippen LogP contribution in [0.5, 0.6) is 5.75 Å². The monoisotopic (exact) mass is 418 g/mol. The van der Waals surface area contributed by atoms with E-state index in [1.807, 2.05) is 24.4 Å². The number of urea groups is 1. The molecule has 8 nitrogen and oxygen atoms in total. The Labute approximate surface area is 172 Å². The van der Waals surface area contributed by atoms with Gasteiger partial charge in [-0.2, -0.15) is 0 Å². The molecule has 0 unspecified atom stereocenters. The van der Waals surface area contributed by atoms with Gasteiger partial charge in [0, 0.05) is 16.9 Å². The first-order valence-electron chi connectivity index (χ1n) is 8.99. The van der Waals surface area contributed by atoms with Crippen molar-refractivity contribution in [3.63, 3.8) is 0 Å². The van der Waals surface area contributed by atoms with Crippen LogP contribution < -0.4 is 15.4 Å². The molecule has 0 aliphatic carbocycles. The number of carbonyl (C=O) groups is 4. The molecule has 9 heteroatoms. The van der Waals surface area contributed by atoms with Gasteiger partial charge in [-0.25, -0.2) is 4.79 Å². The van der Waals surface area contributed by atoms with Crippen LogP contribution in [0.15, 0.2) is 41.8 Å². The Morgan fingerprint density at radius 2 is 1.79 bits per heavy atom. The summed E-state index contributed by atoms with van der Waals surface area (Å²) in [6, 6.07) is 9.65. The van der Waals surface area contributed by atoms with Gasteiger partial charge in [-0.05, 0) is 42.6 Å². The Hall–Kier alpha value is -3.20. The molecule has 0 saturated heterocycles. The number of nitrogens with one attached hydrogen (secondary N) is 2. The third-order valence-electron chi connectivity index (χ3n) is 3.66. The van der Waals surface area contributed by atoms with E-state index < -0.39 is 24.5 Å². The summed E-state index contributed by atoms with van der Waals surface area (Å²) in [6.45, 7) is 2.10. The molecule has 154 valence electrons. The summed E-state index contributed by atoms with van der Waals surface area (Å²) in [6.07, 6.45) is -0.209. The highest BCUT2D eigenvalue weighted by Gasteiger charge is 2.13. The SMILES string of the molecule is CCOc1ccc(C(=O)CCC(=O)OCC(=O)NC(=O)NCc2cccs2)cc1. The Morgan fingerprint density at radius 1 is 1.03 bits per heavy atom. The lowest BCUT2D eigenvalue weighted by Crippen LogP contribution is -2.41. The summed E-state index contributed by atoms with van der Waals surface area (Å²) in [5.41, 5.74) is 0.460. The first kappa shape index (κ1) is 22.1. The van der Waals surface area contributed by atoms with E-state index >= 15 is 0 Å². The summed E-state index contributed by atoms with van der Waals surface area (Å²) >= 11 is 1.48. The van der Waals surface area contributed by atoms with Gasteiger partial charge in [0.15, 0.2) is 12.4 Å². The van der Waals surface area contributed by atoms with Gasteiger partial charge in [-0.3, -0.25) is 19.7 Å². The zero-order valence-corrected chi connectivity index (χ0v) is 16.8. The average Bonchev–Trinajstić information content (AvgIpc) is 3.23. The summed E-state index contributed by atoms with van der Waals surface area (Å²) < 4.78 is 10.1. The fourth-order valence-corrected chi connectivity index (χ4v) is 2.91. The smallest absolute Gasteiger partial charge is 0.321 e. The number of hydrogen-bond acceptors (Lipinski definition) is 7. The van der Waals surface area contributed by atoms with Gasteiger partial charge in [0.2, 0.25) is 0 Å². The van der Waals surface area contributed by atoms with E-state index in [1.54, 1.807) is 24.3 Å². The molecule has 0 radical (unpaired) electrons. The quantitative estimate of drug-likeness (QED) is 0.453. The molecule has 2 N–H and O–H groups in total. The fraction of sp³-hybridized carbons (Fsp3) is 0.300. The van der Waals surface area contributed by atoms with E-state index in [2.05, 4.69) is 10.6 Å². The third kappa shape index (κ3) is 8.14. The Morgan fingerprint density at radius 3 is 2.45 bits per heavy atom. The molecule has 2 aromatic rings. The van der Waals surface area contributed by atoms with Crippen LogP contribution in [0, 0.1) is 0 Å². The number of thiophene rings is 1. The van der Waals surface area contributed by atoms with Crippen molar-refractivity contribution in [2.24, 2.45) is 0 Å². The Balaban J connectivity index is 1.63. The molecule has 1 aromatic heterocycles. The Kier molecular flexibility index (Phi) is 8.84. The summed E-state index contributed by atoms with van der Waals surface area (Å²) in [4.78, 5) is 48.0. The molecule has 3 amide bonds. The molecule has 0 spiro atoms. The third-order valence-corrected chi connectivity index (χ3v) is 4.54. The number of benzene rings is 1. The lowest BCUT2D eigenvalue weighted by molar-refractivity contribution is -0.148. The molecule has 0 fully saturated rings. The lowest BCUT2D eigenvalue weighted by atomic mass is 10.1. The van der Waals surface area contributed by atoms with Crippen LogP contribution in [-0.4, -0.2) is 36.9 Å².